The number of aromatic amines is 1. The minimum absolute atomic E-state index is 0.128. The fourth-order valence-electron chi connectivity index (χ4n) is 5.76. The molecule has 5 heterocycles. The molecule has 0 aliphatic carbocycles. The van der Waals surface area contributed by atoms with Gasteiger partial charge in [-0.15, -0.1) is 0 Å². The molecule has 1 unspecified atom stereocenters. The second kappa shape index (κ2) is 11.3. The van der Waals surface area contributed by atoms with Gasteiger partial charge in [0.05, 0.1) is 40.3 Å². The first-order valence-corrected chi connectivity index (χ1v) is 14.2. The lowest BCUT2D eigenvalue weighted by Crippen LogP contribution is -2.42. The maximum atomic E-state index is 15.5. The van der Waals surface area contributed by atoms with Gasteiger partial charge in [-0.25, -0.2) is 14.4 Å². The Morgan fingerprint density at radius 1 is 1.07 bits per heavy atom. The van der Waals surface area contributed by atoms with Crippen molar-refractivity contribution in [1.29, 1.82) is 0 Å². The number of H-pyrrole nitrogens is 1. The lowest BCUT2D eigenvalue weighted by atomic mass is 10.0. The van der Waals surface area contributed by atoms with E-state index in [0.717, 1.165) is 50.9 Å². The van der Waals surface area contributed by atoms with Gasteiger partial charge in [-0.05, 0) is 81.5 Å². The number of hydrogen-bond acceptors (Lipinski definition) is 7. The zero-order chi connectivity index (χ0) is 28.5. The topological polar surface area (TPSA) is 114 Å². The van der Waals surface area contributed by atoms with E-state index in [1.54, 1.807) is 30.5 Å². The van der Waals surface area contributed by atoms with E-state index in [1.165, 1.54) is 12.3 Å². The molecule has 212 valence electrons. The quantitative estimate of drug-likeness (QED) is 0.322. The van der Waals surface area contributed by atoms with Gasteiger partial charge < -0.3 is 25.2 Å². The highest BCUT2D eigenvalue weighted by Crippen LogP contribution is 2.31. The summed E-state index contributed by atoms with van der Waals surface area (Å²) in [6, 6.07) is 11.7. The number of aromatic nitrogens is 3. The molecule has 3 N–H and O–H groups in total. The van der Waals surface area contributed by atoms with Gasteiger partial charge in [0.15, 0.2) is 0 Å². The van der Waals surface area contributed by atoms with Gasteiger partial charge in [0.2, 0.25) is 0 Å². The van der Waals surface area contributed by atoms with Crippen LogP contribution in [0.4, 0.5) is 21.6 Å². The van der Waals surface area contributed by atoms with Crippen LogP contribution in [-0.2, 0) is 0 Å². The summed E-state index contributed by atoms with van der Waals surface area (Å²) in [5, 5.41) is 13.3. The number of piperidine rings is 2. The van der Waals surface area contributed by atoms with Crippen molar-refractivity contribution in [2.45, 2.75) is 51.2 Å². The molecule has 0 bridgehead atoms. The average Bonchev–Trinajstić information content (AvgIpc) is 2.98. The SMILES string of the molecule is CC1CCCCN1C(=O)c1ccc(-c2cc(Nc3ccc(N4CCC(O)CC4)cn3)c3c(=O)[nH]ccc3n2)c(F)c1. The molecule has 2 saturated heterocycles. The normalized spacial score (nSPS) is 18.1. The number of fused-ring (bicyclic) bond motifs is 1. The molecule has 3 aromatic heterocycles. The van der Waals surface area contributed by atoms with E-state index >= 15 is 4.39 Å². The van der Waals surface area contributed by atoms with Gasteiger partial charge in [-0.1, -0.05) is 0 Å². The number of likely N-dealkylation sites (tertiary alicyclic amines) is 1. The number of hydrogen-bond donors (Lipinski definition) is 3. The van der Waals surface area contributed by atoms with Crippen LogP contribution in [0.5, 0.6) is 0 Å². The molecule has 0 radical (unpaired) electrons. The van der Waals surface area contributed by atoms with Crippen LogP contribution in [0, 0.1) is 5.82 Å². The van der Waals surface area contributed by atoms with E-state index in [1.807, 2.05) is 24.0 Å². The first-order chi connectivity index (χ1) is 19.9. The second-order valence-electron chi connectivity index (χ2n) is 10.9. The van der Waals surface area contributed by atoms with E-state index < -0.39 is 5.82 Å². The largest absolute Gasteiger partial charge is 0.393 e. The van der Waals surface area contributed by atoms with E-state index in [0.29, 0.717) is 40.2 Å². The number of benzene rings is 1. The van der Waals surface area contributed by atoms with E-state index in [9.17, 15) is 14.7 Å². The van der Waals surface area contributed by atoms with Crippen LogP contribution in [0.15, 0.2) is 59.7 Å². The number of pyridine rings is 3. The van der Waals surface area contributed by atoms with Crippen molar-refractivity contribution in [3.63, 3.8) is 0 Å². The number of carbonyl (C=O) groups is 1. The van der Waals surface area contributed by atoms with Gasteiger partial charge in [-0.2, -0.15) is 0 Å². The highest BCUT2D eigenvalue weighted by Gasteiger charge is 2.25. The molecular weight excluding hydrogens is 523 g/mol. The molecular formula is C31H33FN6O3. The number of nitrogens with zero attached hydrogens (tertiary/aromatic N) is 4. The first-order valence-electron chi connectivity index (χ1n) is 14.2. The summed E-state index contributed by atoms with van der Waals surface area (Å²) < 4.78 is 15.5. The maximum Gasteiger partial charge on any atom is 0.259 e. The Balaban J connectivity index is 1.31. The van der Waals surface area contributed by atoms with Crippen molar-refractivity contribution in [1.82, 2.24) is 19.9 Å². The molecule has 0 saturated carbocycles. The molecule has 2 fully saturated rings. The van der Waals surface area contributed by atoms with Gasteiger partial charge in [0, 0.05) is 43.0 Å². The number of amides is 1. The van der Waals surface area contributed by atoms with Crippen LogP contribution in [0.25, 0.3) is 22.2 Å². The minimum atomic E-state index is -0.558. The first kappa shape index (κ1) is 26.9. The summed E-state index contributed by atoms with van der Waals surface area (Å²) in [6.45, 7) is 4.22. The number of rotatable bonds is 5. The third kappa shape index (κ3) is 5.52. The van der Waals surface area contributed by atoms with Crippen LogP contribution in [0.2, 0.25) is 0 Å². The molecule has 0 spiro atoms. The monoisotopic (exact) mass is 556 g/mol. The Morgan fingerprint density at radius 2 is 1.90 bits per heavy atom. The van der Waals surface area contributed by atoms with Crippen molar-refractivity contribution >= 4 is 34.0 Å². The van der Waals surface area contributed by atoms with Crippen molar-refractivity contribution in [2.75, 3.05) is 29.9 Å². The lowest BCUT2D eigenvalue weighted by molar-refractivity contribution is 0.0635. The predicted octanol–water partition coefficient (Wildman–Crippen LogP) is 4.84. The molecule has 1 atom stereocenters. The Morgan fingerprint density at radius 3 is 2.63 bits per heavy atom. The van der Waals surface area contributed by atoms with Crippen LogP contribution in [0.1, 0.15) is 49.4 Å². The van der Waals surface area contributed by atoms with Gasteiger partial charge >= 0.3 is 0 Å². The number of aliphatic hydroxyl groups is 1. The number of halogens is 1. The molecule has 10 heteroatoms. The summed E-state index contributed by atoms with van der Waals surface area (Å²) >= 11 is 0. The average molecular weight is 557 g/mol. The van der Waals surface area contributed by atoms with Gasteiger partial charge in [0.25, 0.3) is 11.5 Å². The molecule has 6 rings (SSSR count). The second-order valence-corrected chi connectivity index (χ2v) is 10.9. The van der Waals surface area contributed by atoms with E-state index in [4.69, 9.17) is 0 Å². The molecule has 1 amide bonds. The third-order valence-corrected chi connectivity index (χ3v) is 8.13. The van der Waals surface area contributed by atoms with Crippen molar-refractivity contribution in [2.24, 2.45) is 0 Å². The smallest absolute Gasteiger partial charge is 0.259 e. The molecule has 41 heavy (non-hydrogen) atoms. The summed E-state index contributed by atoms with van der Waals surface area (Å²) in [4.78, 5) is 41.7. The van der Waals surface area contributed by atoms with Crippen molar-refractivity contribution in [3.05, 3.63) is 76.6 Å². The molecule has 1 aromatic carbocycles. The zero-order valence-electron chi connectivity index (χ0n) is 22.9. The van der Waals surface area contributed by atoms with Crippen LogP contribution < -0.4 is 15.8 Å². The summed E-state index contributed by atoms with van der Waals surface area (Å²) in [5.41, 5.74) is 2.34. The molecule has 2 aliphatic heterocycles. The number of anilines is 3. The van der Waals surface area contributed by atoms with Crippen molar-refractivity contribution in [3.8, 4) is 11.3 Å². The summed E-state index contributed by atoms with van der Waals surface area (Å²) in [5.74, 6) is -0.208. The third-order valence-electron chi connectivity index (χ3n) is 8.13. The lowest BCUT2D eigenvalue weighted by Gasteiger charge is -2.33. The highest BCUT2D eigenvalue weighted by atomic mass is 19.1. The van der Waals surface area contributed by atoms with Crippen LogP contribution in [-0.4, -0.2) is 62.6 Å². The molecule has 4 aromatic rings. The van der Waals surface area contributed by atoms with Crippen LogP contribution >= 0.6 is 0 Å². The maximum absolute atomic E-state index is 15.5. The summed E-state index contributed by atoms with van der Waals surface area (Å²) in [7, 11) is 0. The molecule has 2 aliphatic rings. The number of nitrogens with one attached hydrogen (secondary N) is 2. The molecule has 9 nitrogen and oxygen atoms in total. The number of carbonyl (C=O) groups excluding carboxylic acids is 1. The van der Waals surface area contributed by atoms with E-state index in [2.05, 4.69) is 25.2 Å². The van der Waals surface area contributed by atoms with E-state index in [-0.39, 0.29) is 29.2 Å². The Bertz CT molecular complexity index is 1630. The van der Waals surface area contributed by atoms with Crippen LogP contribution in [0.3, 0.4) is 0 Å². The predicted molar refractivity (Wildman–Crippen MR) is 157 cm³/mol. The standard InChI is InChI=1S/C31H33FN6O3/c1-19-4-2-3-13-38(19)31(41)20-5-7-23(24(32)16-20)26-17-27(29-25(35-26)9-12-33-30(29)40)36-28-8-6-21(18-34-28)37-14-10-22(39)11-15-37/h5-9,12,16-19,22,39H,2-4,10-11,13-15H2,1H3,(H,33,40)(H,34,35,36). The Hall–Kier alpha value is -4.31. The van der Waals surface area contributed by atoms with Gasteiger partial charge in [0.1, 0.15) is 11.6 Å². The Labute approximate surface area is 237 Å². The highest BCUT2D eigenvalue weighted by molar-refractivity contribution is 5.96. The zero-order valence-corrected chi connectivity index (χ0v) is 22.9. The summed E-state index contributed by atoms with van der Waals surface area (Å²) in [6.07, 6.45) is 7.43. The fraction of sp³-hybridized carbons (Fsp3) is 0.355. The number of aliphatic hydroxyl groups excluding tert-OH is 1. The minimum Gasteiger partial charge on any atom is -0.393 e. The van der Waals surface area contributed by atoms with Gasteiger partial charge in [-0.3, -0.25) is 9.59 Å². The van der Waals surface area contributed by atoms with Crippen molar-refractivity contribution < 1.29 is 14.3 Å². The Kier molecular flexibility index (Phi) is 7.40. The fourth-order valence-corrected chi connectivity index (χ4v) is 5.76.